The largest absolute Gasteiger partial charge is 0.535 e. The average Bonchev–Trinajstić information content (AvgIpc) is 3.10. The number of carbonyl (C=O) groups excluding carboxylic acids is 1. The number of ether oxygens (including phenoxy) is 2. The van der Waals surface area contributed by atoms with E-state index in [9.17, 15) is 9.82 Å². The number of benzene rings is 1. The van der Waals surface area contributed by atoms with Gasteiger partial charge in [-0.3, -0.25) is 0 Å². The minimum Gasteiger partial charge on any atom is -0.535 e. The second-order valence-corrected chi connectivity index (χ2v) is 5.49. The fraction of sp³-hybridized carbons (Fsp3) is 0.500. The molecule has 1 fully saturated rings. The predicted molar refractivity (Wildman–Crippen MR) is 71.3 cm³/mol. The van der Waals surface area contributed by atoms with Gasteiger partial charge in [0.05, 0.1) is 13.2 Å². The van der Waals surface area contributed by atoms with Crippen LogP contribution < -0.4 is 9.39 Å². The molecule has 6 heteroatoms. The lowest BCUT2D eigenvalue weighted by atomic mass is 9.76. The Hall–Kier alpha value is -1.69. The highest BCUT2D eigenvalue weighted by Crippen LogP contribution is 2.61. The highest BCUT2D eigenvalue weighted by Gasteiger charge is 2.55. The van der Waals surface area contributed by atoms with Crippen LogP contribution in [0.4, 0.5) is 0 Å². The summed E-state index contributed by atoms with van der Waals surface area (Å²) in [6, 6.07) is 2.07. The normalized spacial score (nSPS) is 25.0. The lowest BCUT2D eigenvalue weighted by Gasteiger charge is -2.23. The minimum absolute atomic E-state index is 0.165. The molecule has 2 heterocycles. The summed E-state index contributed by atoms with van der Waals surface area (Å²) in [6.07, 6.45) is 1.71. The van der Waals surface area contributed by atoms with Gasteiger partial charge in [-0.15, -0.1) is 0 Å². The Bertz CT molecular complexity index is 600. The van der Waals surface area contributed by atoms with Crippen molar-refractivity contribution in [3.63, 3.8) is 0 Å². The van der Waals surface area contributed by atoms with Gasteiger partial charge in [-0.2, -0.15) is 0 Å². The number of rotatable bonds is 2. The number of fused-ring (bicyclic) bond motifs is 4. The summed E-state index contributed by atoms with van der Waals surface area (Å²) in [6.45, 7) is 2.63. The highest BCUT2D eigenvalue weighted by atomic mass is 16.5. The summed E-state index contributed by atoms with van der Waals surface area (Å²) in [5, 5.41) is 9.94. The Morgan fingerprint density at radius 2 is 2.40 bits per heavy atom. The van der Waals surface area contributed by atoms with E-state index < -0.39 is 13.1 Å². The van der Waals surface area contributed by atoms with Gasteiger partial charge in [-0.1, -0.05) is 0 Å². The lowest BCUT2D eigenvalue weighted by molar-refractivity contribution is 0.0520. The fourth-order valence-electron chi connectivity index (χ4n) is 3.23. The SMILES string of the molecule is CCOC(=O)c1c2c(cc3c1OB(O)[C@H]1C[C@@H]31)CCO2. The molecule has 3 aliphatic rings. The zero-order valence-corrected chi connectivity index (χ0v) is 11.2. The van der Waals surface area contributed by atoms with Gasteiger partial charge in [0.25, 0.3) is 0 Å². The van der Waals surface area contributed by atoms with E-state index in [1.807, 2.05) is 0 Å². The van der Waals surface area contributed by atoms with Crippen molar-refractivity contribution in [1.82, 2.24) is 0 Å². The summed E-state index contributed by atoms with van der Waals surface area (Å²) in [5.41, 5.74) is 2.41. The van der Waals surface area contributed by atoms with Crippen LogP contribution in [0, 0.1) is 0 Å². The first kappa shape index (κ1) is 12.1. The second-order valence-electron chi connectivity index (χ2n) is 5.49. The molecule has 104 valence electrons. The molecule has 20 heavy (non-hydrogen) atoms. The standard InChI is InChI=1S/C14H15BO5/c1-2-18-14(16)11-12-7(3-4-19-12)5-9-8-6-10(8)15(17)20-13(9)11/h5,8,10,17H,2-4,6H2,1H3/t8-,10-/m0/s1. The quantitative estimate of drug-likeness (QED) is 0.654. The Morgan fingerprint density at radius 1 is 1.55 bits per heavy atom. The molecule has 2 atom stereocenters. The third-order valence-corrected chi connectivity index (χ3v) is 4.28. The predicted octanol–water partition coefficient (Wildman–Crippen LogP) is 1.53. The van der Waals surface area contributed by atoms with Crippen LogP contribution in [-0.2, 0) is 11.2 Å². The zero-order valence-electron chi connectivity index (χ0n) is 11.2. The lowest BCUT2D eigenvalue weighted by Crippen LogP contribution is -2.28. The zero-order chi connectivity index (χ0) is 13.9. The van der Waals surface area contributed by atoms with Gasteiger partial charge in [0, 0.05) is 12.2 Å². The minimum atomic E-state index is -0.833. The first-order valence-electron chi connectivity index (χ1n) is 7.05. The van der Waals surface area contributed by atoms with Crippen molar-refractivity contribution in [3.8, 4) is 11.5 Å². The maximum atomic E-state index is 12.2. The molecule has 2 aliphatic heterocycles. The summed E-state index contributed by atoms with van der Waals surface area (Å²) in [5.74, 6) is 1.04. The van der Waals surface area contributed by atoms with Crippen molar-refractivity contribution in [2.24, 2.45) is 0 Å². The average molecular weight is 274 g/mol. The van der Waals surface area contributed by atoms with Crippen molar-refractivity contribution in [1.29, 1.82) is 0 Å². The maximum absolute atomic E-state index is 12.2. The molecule has 1 aliphatic carbocycles. The van der Waals surface area contributed by atoms with E-state index in [1.54, 1.807) is 6.92 Å². The molecular formula is C14H15BO5. The van der Waals surface area contributed by atoms with Gasteiger partial charge >= 0.3 is 13.1 Å². The van der Waals surface area contributed by atoms with E-state index in [1.165, 1.54) is 0 Å². The highest BCUT2D eigenvalue weighted by molar-refractivity contribution is 6.48. The van der Waals surface area contributed by atoms with Crippen molar-refractivity contribution < 1.29 is 23.9 Å². The van der Waals surface area contributed by atoms with Gasteiger partial charge < -0.3 is 19.2 Å². The first-order valence-corrected chi connectivity index (χ1v) is 7.05. The third kappa shape index (κ3) is 1.57. The molecule has 1 N–H and O–H groups in total. The maximum Gasteiger partial charge on any atom is 0.526 e. The molecule has 0 bridgehead atoms. The molecule has 5 nitrogen and oxygen atoms in total. The van der Waals surface area contributed by atoms with E-state index in [4.69, 9.17) is 14.1 Å². The van der Waals surface area contributed by atoms with Gasteiger partial charge in [0.1, 0.15) is 17.1 Å². The summed E-state index contributed by atoms with van der Waals surface area (Å²) in [7, 11) is -0.833. The molecule has 0 unspecified atom stereocenters. The van der Waals surface area contributed by atoms with E-state index >= 15 is 0 Å². The van der Waals surface area contributed by atoms with Gasteiger partial charge in [-0.25, -0.2) is 4.79 Å². The molecule has 0 radical (unpaired) electrons. The van der Waals surface area contributed by atoms with E-state index in [0.29, 0.717) is 36.2 Å². The molecule has 0 aromatic heterocycles. The summed E-state index contributed by atoms with van der Waals surface area (Å²) >= 11 is 0. The topological polar surface area (TPSA) is 65.0 Å². The number of hydrogen-bond acceptors (Lipinski definition) is 5. The molecule has 1 saturated carbocycles. The van der Waals surface area contributed by atoms with Crippen LogP contribution in [0.25, 0.3) is 0 Å². The van der Waals surface area contributed by atoms with Gasteiger partial charge in [0.15, 0.2) is 0 Å². The van der Waals surface area contributed by atoms with Crippen molar-refractivity contribution in [2.75, 3.05) is 13.2 Å². The third-order valence-electron chi connectivity index (χ3n) is 4.28. The Labute approximate surface area is 117 Å². The Balaban J connectivity index is 1.89. The molecular weight excluding hydrogens is 259 g/mol. The van der Waals surface area contributed by atoms with E-state index in [2.05, 4.69) is 6.07 Å². The van der Waals surface area contributed by atoms with Gasteiger partial charge in [0.2, 0.25) is 0 Å². The van der Waals surface area contributed by atoms with Crippen molar-refractivity contribution >= 4 is 13.1 Å². The smallest absolute Gasteiger partial charge is 0.526 e. The Morgan fingerprint density at radius 3 is 3.20 bits per heavy atom. The van der Waals surface area contributed by atoms with Crippen LogP contribution in [0.3, 0.4) is 0 Å². The van der Waals surface area contributed by atoms with E-state index in [0.717, 1.165) is 24.0 Å². The van der Waals surface area contributed by atoms with Crippen LogP contribution in [0.5, 0.6) is 11.5 Å². The second kappa shape index (κ2) is 4.15. The first-order chi connectivity index (χ1) is 9.70. The van der Waals surface area contributed by atoms with Crippen LogP contribution in [0.15, 0.2) is 6.07 Å². The molecule has 4 rings (SSSR count). The van der Waals surface area contributed by atoms with Crippen molar-refractivity contribution in [2.45, 2.75) is 31.5 Å². The number of carbonyl (C=O) groups is 1. The summed E-state index contributed by atoms with van der Waals surface area (Å²) in [4.78, 5) is 12.2. The number of hydrogen-bond donors (Lipinski definition) is 1. The Kier molecular flexibility index (Phi) is 2.51. The molecule has 1 aromatic carbocycles. The molecule has 0 saturated heterocycles. The van der Waals surface area contributed by atoms with Crippen LogP contribution in [0.1, 0.15) is 40.7 Å². The van der Waals surface area contributed by atoms with Gasteiger partial charge in [-0.05, 0) is 36.5 Å². The van der Waals surface area contributed by atoms with Crippen LogP contribution in [-0.4, -0.2) is 31.3 Å². The number of esters is 1. The van der Waals surface area contributed by atoms with Crippen LogP contribution >= 0.6 is 0 Å². The van der Waals surface area contributed by atoms with Crippen LogP contribution in [0.2, 0.25) is 5.82 Å². The molecule has 0 spiro atoms. The molecule has 0 amide bonds. The molecule has 1 aromatic rings. The van der Waals surface area contributed by atoms with Crippen molar-refractivity contribution in [3.05, 3.63) is 22.8 Å². The summed E-state index contributed by atoms with van der Waals surface area (Å²) < 4.78 is 16.3. The van der Waals surface area contributed by atoms with E-state index in [-0.39, 0.29) is 5.82 Å². The monoisotopic (exact) mass is 274 g/mol. The fourth-order valence-corrected chi connectivity index (χ4v) is 3.23.